The van der Waals surface area contributed by atoms with E-state index in [1.54, 1.807) is 18.1 Å². The molecule has 2 rings (SSSR count). The van der Waals surface area contributed by atoms with Crippen LogP contribution in [-0.4, -0.2) is 16.5 Å². The molecule has 1 heterocycles. The van der Waals surface area contributed by atoms with Crippen molar-refractivity contribution in [3.63, 3.8) is 0 Å². The predicted molar refractivity (Wildman–Crippen MR) is 85.5 cm³/mol. The highest BCUT2D eigenvalue weighted by Gasteiger charge is 2.11. The van der Waals surface area contributed by atoms with Crippen LogP contribution in [0.5, 0.6) is 0 Å². The number of benzene rings is 1. The van der Waals surface area contributed by atoms with E-state index in [0.717, 1.165) is 30.2 Å². The van der Waals surface area contributed by atoms with E-state index in [2.05, 4.69) is 60.3 Å². The second kappa shape index (κ2) is 7.29. The van der Waals surface area contributed by atoms with Crippen molar-refractivity contribution in [3.05, 3.63) is 41.7 Å². The molecule has 0 aliphatic heterocycles. The summed E-state index contributed by atoms with van der Waals surface area (Å²) in [7, 11) is 0. The van der Waals surface area contributed by atoms with E-state index in [4.69, 9.17) is 0 Å². The van der Waals surface area contributed by atoms with Crippen LogP contribution in [0.3, 0.4) is 0 Å². The first kappa shape index (κ1) is 14.9. The van der Waals surface area contributed by atoms with Crippen LogP contribution in [0.2, 0.25) is 0 Å². The molecule has 0 saturated carbocycles. The van der Waals surface area contributed by atoms with E-state index in [9.17, 15) is 0 Å². The van der Waals surface area contributed by atoms with Gasteiger partial charge in [0.25, 0.3) is 0 Å². The standard InChI is InChI=1S/C16H21N3S/c1-4-10-17-15-13(5-2)16(19-11-18-15)20-14-9-7-6-8-12(14)3/h6-9,11H,4-5,10H2,1-3H3,(H,17,18,19). The Kier molecular flexibility index (Phi) is 5.41. The molecule has 20 heavy (non-hydrogen) atoms. The lowest BCUT2D eigenvalue weighted by molar-refractivity contribution is 0.911. The van der Waals surface area contributed by atoms with Gasteiger partial charge in [0, 0.05) is 17.0 Å². The first-order chi connectivity index (χ1) is 9.76. The lowest BCUT2D eigenvalue weighted by Gasteiger charge is -2.13. The molecule has 0 spiro atoms. The zero-order valence-corrected chi connectivity index (χ0v) is 13.1. The Bertz CT molecular complexity index is 569. The van der Waals surface area contributed by atoms with Gasteiger partial charge >= 0.3 is 0 Å². The lowest BCUT2D eigenvalue weighted by Crippen LogP contribution is -2.07. The molecule has 0 aliphatic carbocycles. The van der Waals surface area contributed by atoms with Crippen molar-refractivity contribution in [2.45, 2.75) is 43.5 Å². The van der Waals surface area contributed by atoms with Crippen molar-refractivity contribution >= 4 is 17.6 Å². The van der Waals surface area contributed by atoms with Crippen molar-refractivity contribution in [1.82, 2.24) is 9.97 Å². The van der Waals surface area contributed by atoms with Crippen LogP contribution in [-0.2, 0) is 6.42 Å². The minimum Gasteiger partial charge on any atom is -0.370 e. The smallest absolute Gasteiger partial charge is 0.133 e. The molecule has 4 heteroatoms. The molecule has 0 bridgehead atoms. The maximum absolute atomic E-state index is 4.47. The van der Waals surface area contributed by atoms with E-state index >= 15 is 0 Å². The zero-order valence-electron chi connectivity index (χ0n) is 12.3. The highest BCUT2D eigenvalue weighted by molar-refractivity contribution is 7.99. The molecule has 0 aliphatic rings. The third-order valence-electron chi connectivity index (χ3n) is 3.10. The highest BCUT2D eigenvalue weighted by atomic mass is 32.2. The molecule has 1 aromatic heterocycles. The summed E-state index contributed by atoms with van der Waals surface area (Å²) in [4.78, 5) is 10.1. The van der Waals surface area contributed by atoms with E-state index in [0.29, 0.717) is 0 Å². The van der Waals surface area contributed by atoms with Crippen LogP contribution in [0.4, 0.5) is 5.82 Å². The van der Waals surface area contributed by atoms with E-state index in [1.165, 1.54) is 16.0 Å². The summed E-state index contributed by atoms with van der Waals surface area (Å²) < 4.78 is 0. The molecule has 0 amide bonds. The average Bonchev–Trinajstić information content (AvgIpc) is 2.47. The minimum absolute atomic E-state index is 0.932. The van der Waals surface area contributed by atoms with Gasteiger partial charge in [-0.25, -0.2) is 9.97 Å². The molecule has 1 aromatic carbocycles. The third kappa shape index (κ3) is 3.51. The van der Waals surface area contributed by atoms with Gasteiger partial charge in [0.05, 0.1) is 0 Å². The van der Waals surface area contributed by atoms with Gasteiger partial charge in [0.1, 0.15) is 17.2 Å². The third-order valence-corrected chi connectivity index (χ3v) is 4.33. The second-order valence-electron chi connectivity index (χ2n) is 4.65. The van der Waals surface area contributed by atoms with Crippen LogP contribution in [0.15, 0.2) is 40.5 Å². The van der Waals surface area contributed by atoms with E-state index in [1.807, 2.05) is 0 Å². The molecule has 0 unspecified atom stereocenters. The SMILES string of the molecule is CCCNc1ncnc(Sc2ccccc2C)c1CC. The second-order valence-corrected chi connectivity index (χ2v) is 5.68. The van der Waals surface area contributed by atoms with Crippen LogP contribution < -0.4 is 5.32 Å². The Morgan fingerprint density at radius 2 is 1.95 bits per heavy atom. The van der Waals surface area contributed by atoms with Gasteiger partial charge in [-0.2, -0.15) is 0 Å². The Morgan fingerprint density at radius 3 is 2.65 bits per heavy atom. The molecule has 3 nitrogen and oxygen atoms in total. The summed E-state index contributed by atoms with van der Waals surface area (Å²) >= 11 is 1.72. The first-order valence-corrected chi connectivity index (χ1v) is 7.89. The number of anilines is 1. The summed E-state index contributed by atoms with van der Waals surface area (Å²) in [6.07, 6.45) is 3.67. The van der Waals surface area contributed by atoms with Gasteiger partial charge < -0.3 is 5.32 Å². The van der Waals surface area contributed by atoms with Crippen molar-refractivity contribution in [2.75, 3.05) is 11.9 Å². The number of nitrogens with zero attached hydrogens (tertiary/aromatic N) is 2. The van der Waals surface area contributed by atoms with Crippen LogP contribution >= 0.6 is 11.8 Å². The molecule has 1 N–H and O–H groups in total. The monoisotopic (exact) mass is 287 g/mol. The predicted octanol–water partition coefficient (Wildman–Crippen LogP) is 4.32. The Hall–Kier alpha value is -1.55. The molecule has 106 valence electrons. The van der Waals surface area contributed by atoms with Crippen molar-refractivity contribution in [3.8, 4) is 0 Å². The highest BCUT2D eigenvalue weighted by Crippen LogP contribution is 2.33. The van der Waals surface area contributed by atoms with Gasteiger partial charge in [-0.1, -0.05) is 43.8 Å². The van der Waals surface area contributed by atoms with Gasteiger partial charge in [-0.15, -0.1) is 0 Å². The van der Waals surface area contributed by atoms with E-state index in [-0.39, 0.29) is 0 Å². The molecular formula is C16H21N3S. The van der Waals surface area contributed by atoms with Gasteiger partial charge in [-0.05, 0) is 31.4 Å². The molecule has 2 aromatic rings. The zero-order chi connectivity index (χ0) is 14.4. The number of hydrogen-bond acceptors (Lipinski definition) is 4. The summed E-state index contributed by atoms with van der Waals surface area (Å²) in [5, 5.41) is 4.44. The molecule has 0 radical (unpaired) electrons. The van der Waals surface area contributed by atoms with Crippen LogP contribution in [0.1, 0.15) is 31.4 Å². The maximum Gasteiger partial charge on any atom is 0.133 e. The largest absolute Gasteiger partial charge is 0.370 e. The number of hydrogen-bond donors (Lipinski definition) is 1. The molecular weight excluding hydrogens is 266 g/mol. The molecule has 0 saturated heterocycles. The quantitative estimate of drug-likeness (QED) is 0.803. The molecule has 0 fully saturated rings. The fraction of sp³-hybridized carbons (Fsp3) is 0.375. The average molecular weight is 287 g/mol. The fourth-order valence-corrected chi connectivity index (χ4v) is 3.02. The maximum atomic E-state index is 4.47. The van der Waals surface area contributed by atoms with Crippen molar-refractivity contribution in [1.29, 1.82) is 0 Å². The number of aromatic nitrogens is 2. The minimum atomic E-state index is 0.932. The van der Waals surface area contributed by atoms with Gasteiger partial charge in [0.15, 0.2) is 0 Å². The molecule has 0 atom stereocenters. The number of rotatable bonds is 6. The first-order valence-electron chi connectivity index (χ1n) is 7.07. The Morgan fingerprint density at radius 1 is 1.15 bits per heavy atom. The van der Waals surface area contributed by atoms with Crippen LogP contribution in [0.25, 0.3) is 0 Å². The Labute approximate surface area is 125 Å². The lowest BCUT2D eigenvalue weighted by atomic mass is 10.2. The number of aryl methyl sites for hydroxylation is 1. The summed E-state index contributed by atoms with van der Waals surface area (Å²) in [5.74, 6) is 0.973. The van der Waals surface area contributed by atoms with Crippen molar-refractivity contribution in [2.24, 2.45) is 0 Å². The summed E-state index contributed by atoms with van der Waals surface area (Å²) in [5.41, 5.74) is 2.48. The van der Waals surface area contributed by atoms with Gasteiger partial charge in [0.2, 0.25) is 0 Å². The fourth-order valence-electron chi connectivity index (χ4n) is 1.97. The van der Waals surface area contributed by atoms with Crippen molar-refractivity contribution < 1.29 is 0 Å². The van der Waals surface area contributed by atoms with E-state index < -0.39 is 0 Å². The summed E-state index contributed by atoms with van der Waals surface area (Å²) in [6, 6.07) is 8.40. The Balaban J connectivity index is 2.29. The van der Waals surface area contributed by atoms with Gasteiger partial charge in [-0.3, -0.25) is 0 Å². The topological polar surface area (TPSA) is 37.8 Å². The van der Waals surface area contributed by atoms with Crippen LogP contribution in [0, 0.1) is 6.92 Å². The summed E-state index contributed by atoms with van der Waals surface area (Å²) in [6.45, 7) is 7.38. The normalized spacial score (nSPS) is 10.6. The number of nitrogens with one attached hydrogen (secondary N) is 1.